The Balaban J connectivity index is 1.55. The predicted molar refractivity (Wildman–Crippen MR) is 134 cm³/mol. The van der Waals surface area contributed by atoms with E-state index >= 15 is 0 Å². The Morgan fingerprint density at radius 3 is 2.31 bits per heavy atom. The van der Waals surface area contributed by atoms with Crippen molar-refractivity contribution in [2.45, 2.75) is 33.2 Å². The molecule has 0 fully saturated rings. The molecule has 0 saturated heterocycles. The van der Waals surface area contributed by atoms with Crippen LogP contribution in [0.2, 0.25) is 0 Å². The third-order valence-corrected chi connectivity index (χ3v) is 6.09. The Kier molecular flexibility index (Phi) is 5.79. The number of nitrogens with zero attached hydrogens (tertiary/aromatic N) is 2. The molecule has 4 heteroatoms. The molecule has 4 nitrogen and oxygen atoms in total. The van der Waals surface area contributed by atoms with E-state index in [1.54, 1.807) is 7.11 Å². The van der Waals surface area contributed by atoms with E-state index in [2.05, 4.69) is 57.9 Å². The van der Waals surface area contributed by atoms with E-state index in [-0.39, 0.29) is 5.54 Å². The first-order valence-electron chi connectivity index (χ1n) is 10.8. The van der Waals surface area contributed by atoms with E-state index in [4.69, 9.17) is 14.5 Å². The Labute approximate surface area is 190 Å². The average Bonchev–Trinajstić information content (AvgIpc) is 2.77. The fourth-order valence-corrected chi connectivity index (χ4v) is 4.03. The molecule has 4 rings (SSSR count). The van der Waals surface area contributed by atoms with Gasteiger partial charge in [0.05, 0.1) is 18.3 Å². The molecular formula is C28H30N2O2. The van der Waals surface area contributed by atoms with Gasteiger partial charge in [0.1, 0.15) is 5.75 Å². The maximum absolute atomic E-state index is 5.95. The van der Waals surface area contributed by atoms with Crippen molar-refractivity contribution in [1.82, 2.24) is 0 Å². The van der Waals surface area contributed by atoms with Gasteiger partial charge in [-0.2, -0.15) is 0 Å². The second-order valence-corrected chi connectivity index (χ2v) is 8.77. The van der Waals surface area contributed by atoms with Crippen LogP contribution in [0, 0.1) is 6.92 Å². The first-order chi connectivity index (χ1) is 15.3. The number of hydrogen-bond acceptors (Lipinski definition) is 4. The molecule has 32 heavy (non-hydrogen) atoms. The van der Waals surface area contributed by atoms with E-state index in [1.165, 1.54) is 22.4 Å². The lowest BCUT2D eigenvalue weighted by atomic mass is 9.87. The van der Waals surface area contributed by atoms with Crippen LogP contribution < -0.4 is 14.4 Å². The van der Waals surface area contributed by atoms with Gasteiger partial charge < -0.3 is 14.4 Å². The van der Waals surface area contributed by atoms with Gasteiger partial charge in [0.25, 0.3) is 0 Å². The monoisotopic (exact) mass is 426 g/mol. The van der Waals surface area contributed by atoms with Gasteiger partial charge >= 0.3 is 0 Å². The summed E-state index contributed by atoms with van der Waals surface area (Å²) in [5, 5.41) is 0. The number of rotatable bonds is 5. The summed E-state index contributed by atoms with van der Waals surface area (Å²) < 4.78 is 11.3. The van der Waals surface area contributed by atoms with Gasteiger partial charge in [-0.3, -0.25) is 4.99 Å². The van der Waals surface area contributed by atoms with Crippen LogP contribution in [0.4, 0.5) is 11.4 Å². The second-order valence-electron chi connectivity index (χ2n) is 8.77. The molecule has 0 aromatic heterocycles. The summed E-state index contributed by atoms with van der Waals surface area (Å²) in [6.45, 7) is 8.81. The summed E-state index contributed by atoms with van der Waals surface area (Å²) in [6.07, 6.45) is 4.27. The Hall–Kier alpha value is -3.53. The van der Waals surface area contributed by atoms with E-state index in [9.17, 15) is 0 Å². The molecule has 1 aliphatic rings. The summed E-state index contributed by atoms with van der Waals surface area (Å²) in [6, 6.07) is 19.9. The van der Waals surface area contributed by atoms with Crippen molar-refractivity contribution in [3.05, 3.63) is 83.4 Å². The van der Waals surface area contributed by atoms with Gasteiger partial charge in [0.15, 0.2) is 11.5 Å². The quantitative estimate of drug-likeness (QED) is 0.405. The Bertz CT molecular complexity index is 1190. The molecular weight excluding hydrogens is 396 g/mol. The molecule has 164 valence electrons. The number of ether oxygens (including phenoxy) is 2. The van der Waals surface area contributed by atoms with E-state index < -0.39 is 0 Å². The zero-order chi connectivity index (χ0) is 22.9. The molecule has 0 unspecified atom stereocenters. The minimum Gasteiger partial charge on any atom is -0.493 e. The van der Waals surface area contributed by atoms with Crippen LogP contribution in [-0.2, 0) is 0 Å². The summed E-state index contributed by atoms with van der Waals surface area (Å²) in [4.78, 5) is 7.04. The third kappa shape index (κ3) is 4.26. The maximum Gasteiger partial charge on any atom is 0.169 e. The van der Waals surface area contributed by atoms with Gasteiger partial charge in [0, 0.05) is 24.5 Å². The molecule has 0 atom stereocenters. The van der Waals surface area contributed by atoms with Gasteiger partial charge in [-0.1, -0.05) is 18.2 Å². The number of para-hydroxylation sites is 2. The van der Waals surface area contributed by atoms with Crippen LogP contribution in [0.15, 0.2) is 71.7 Å². The number of anilines is 1. The first kappa shape index (κ1) is 21.7. The van der Waals surface area contributed by atoms with E-state index in [1.807, 2.05) is 54.7 Å². The molecule has 3 aromatic rings. The Morgan fingerprint density at radius 1 is 0.938 bits per heavy atom. The lowest BCUT2D eigenvalue weighted by Gasteiger charge is -2.41. The maximum atomic E-state index is 5.95. The Morgan fingerprint density at radius 2 is 1.62 bits per heavy atom. The third-order valence-electron chi connectivity index (χ3n) is 6.09. The van der Waals surface area contributed by atoms with Crippen LogP contribution in [0.25, 0.3) is 5.57 Å². The SMILES string of the molecule is COc1ccccc1Oc1ccc(N=Cc2cc3c(cc2C)N(C)C(C)(C)C=C3C)cc1. The van der Waals surface area contributed by atoms with Crippen molar-refractivity contribution < 1.29 is 9.47 Å². The minimum absolute atomic E-state index is 0.00666. The van der Waals surface area contributed by atoms with Gasteiger partial charge in [-0.25, -0.2) is 0 Å². The predicted octanol–water partition coefficient (Wildman–Crippen LogP) is 7.18. The molecule has 0 saturated carbocycles. The van der Waals surface area contributed by atoms with Crippen molar-refractivity contribution in [3.63, 3.8) is 0 Å². The van der Waals surface area contributed by atoms with Crippen LogP contribution in [0.3, 0.4) is 0 Å². The summed E-state index contributed by atoms with van der Waals surface area (Å²) >= 11 is 0. The summed E-state index contributed by atoms with van der Waals surface area (Å²) in [5.41, 5.74) is 7.05. The number of methoxy groups -OCH3 is 1. The smallest absolute Gasteiger partial charge is 0.169 e. The number of benzene rings is 3. The molecule has 0 bridgehead atoms. The highest BCUT2D eigenvalue weighted by Crippen LogP contribution is 2.39. The van der Waals surface area contributed by atoms with Crippen molar-refractivity contribution in [1.29, 1.82) is 0 Å². The molecule has 3 aromatic carbocycles. The molecule has 0 radical (unpaired) electrons. The lowest BCUT2D eigenvalue weighted by molar-refractivity contribution is 0.379. The topological polar surface area (TPSA) is 34.1 Å². The zero-order valence-corrected chi connectivity index (χ0v) is 19.6. The van der Waals surface area contributed by atoms with Crippen molar-refractivity contribution in [2.75, 3.05) is 19.1 Å². The van der Waals surface area contributed by atoms with Crippen molar-refractivity contribution >= 4 is 23.2 Å². The number of aryl methyl sites for hydroxylation is 1. The summed E-state index contributed by atoms with van der Waals surface area (Å²) in [7, 11) is 3.79. The standard InChI is InChI=1S/C28H30N2O2/c1-19-15-25-24(20(2)17-28(3,4)30(25)5)16-21(19)18-29-22-11-13-23(14-12-22)32-27-10-8-7-9-26(27)31-6/h7-18H,1-6H3. The zero-order valence-electron chi connectivity index (χ0n) is 19.6. The normalized spacial score (nSPS) is 14.8. The highest BCUT2D eigenvalue weighted by Gasteiger charge is 2.28. The molecule has 0 aliphatic carbocycles. The van der Waals surface area contributed by atoms with E-state index in [0.29, 0.717) is 11.5 Å². The molecule has 0 spiro atoms. The average molecular weight is 427 g/mol. The minimum atomic E-state index is 0.00666. The molecule has 1 heterocycles. The van der Waals surface area contributed by atoms with Crippen LogP contribution in [0.5, 0.6) is 17.2 Å². The van der Waals surface area contributed by atoms with Crippen LogP contribution in [-0.4, -0.2) is 25.9 Å². The molecule has 0 N–H and O–H groups in total. The highest BCUT2D eigenvalue weighted by molar-refractivity contribution is 5.90. The fraction of sp³-hybridized carbons (Fsp3) is 0.250. The number of hydrogen-bond donors (Lipinski definition) is 0. The van der Waals surface area contributed by atoms with Crippen LogP contribution in [0.1, 0.15) is 37.5 Å². The van der Waals surface area contributed by atoms with E-state index in [0.717, 1.165) is 17.0 Å². The lowest BCUT2D eigenvalue weighted by Crippen LogP contribution is -2.42. The first-order valence-corrected chi connectivity index (χ1v) is 10.8. The van der Waals surface area contributed by atoms with Crippen LogP contribution >= 0.6 is 0 Å². The van der Waals surface area contributed by atoms with Gasteiger partial charge in [-0.05, 0) is 92.9 Å². The highest BCUT2D eigenvalue weighted by atomic mass is 16.5. The summed E-state index contributed by atoms with van der Waals surface area (Å²) in [5.74, 6) is 2.13. The largest absolute Gasteiger partial charge is 0.493 e. The number of aliphatic imine (C=N–C) groups is 1. The molecule has 0 amide bonds. The van der Waals surface area contributed by atoms with Crippen molar-refractivity contribution in [3.8, 4) is 17.2 Å². The number of likely N-dealkylation sites (N-methyl/N-ethyl adjacent to an activating group) is 1. The van der Waals surface area contributed by atoms with Gasteiger partial charge in [-0.15, -0.1) is 0 Å². The molecule has 1 aliphatic heterocycles. The number of allylic oxidation sites excluding steroid dienone is 1. The fourth-order valence-electron chi connectivity index (χ4n) is 4.03. The number of fused-ring (bicyclic) bond motifs is 1. The van der Waals surface area contributed by atoms with Gasteiger partial charge in [0.2, 0.25) is 0 Å². The van der Waals surface area contributed by atoms with Crippen molar-refractivity contribution in [2.24, 2.45) is 4.99 Å². The second kappa shape index (κ2) is 8.54.